The van der Waals surface area contributed by atoms with Crippen molar-refractivity contribution >= 4 is 11.5 Å². The molecule has 0 unspecified atom stereocenters. The highest BCUT2D eigenvalue weighted by Gasteiger charge is 2.09. The average Bonchev–Trinajstić information content (AvgIpc) is 2.69. The zero-order chi connectivity index (χ0) is 19.5. The van der Waals surface area contributed by atoms with Crippen LogP contribution in [0.1, 0.15) is 56.2 Å². The molecule has 2 rings (SSSR count). The number of nitrogens with zero attached hydrogens (tertiary/aromatic N) is 1. The van der Waals surface area contributed by atoms with Gasteiger partial charge in [-0.15, -0.1) is 0 Å². The lowest BCUT2D eigenvalue weighted by atomic mass is 9.97. The van der Waals surface area contributed by atoms with Crippen LogP contribution in [0.4, 0.5) is 0 Å². The van der Waals surface area contributed by atoms with E-state index in [0.29, 0.717) is 12.2 Å². The Bertz CT molecular complexity index is 783. The van der Waals surface area contributed by atoms with E-state index in [2.05, 4.69) is 19.9 Å². The van der Waals surface area contributed by atoms with E-state index in [1.807, 2.05) is 42.5 Å². The van der Waals surface area contributed by atoms with Gasteiger partial charge < -0.3 is 4.74 Å². The zero-order valence-electron chi connectivity index (χ0n) is 16.2. The molecule has 0 bridgehead atoms. The number of nitriles is 1. The molecule has 0 aliphatic rings. The van der Waals surface area contributed by atoms with E-state index in [1.54, 1.807) is 18.2 Å². The average molecular weight is 361 g/mol. The standard InChI is InChI=1S/C24H27NO2/c1-19(2)9-5-4-8-16-27-24(26)17-23(21-10-6-3-7-11-21)22-14-12-20(18-25)13-15-22/h3,6-7,10-15,17,19H,4-5,8-9,16H2,1-2H3/b23-17-. The summed E-state index contributed by atoms with van der Waals surface area (Å²) < 4.78 is 5.40. The van der Waals surface area contributed by atoms with Crippen LogP contribution in [-0.4, -0.2) is 12.6 Å². The number of hydrogen-bond donors (Lipinski definition) is 0. The third-order valence-corrected chi connectivity index (χ3v) is 4.34. The highest BCUT2D eigenvalue weighted by molar-refractivity contribution is 5.96. The molecule has 0 atom stereocenters. The fourth-order valence-electron chi connectivity index (χ4n) is 2.84. The quantitative estimate of drug-likeness (QED) is 0.325. The highest BCUT2D eigenvalue weighted by atomic mass is 16.5. The largest absolute Gasteiger partial charge is 0.463 e. The minimum Gasteiger partial charge on any atom is -0.463 e. The maximum atomic E-state index is 12.3. The first kappa shape index (κ1) is 20.5. The maximum absolute atomic E-state index is 12.3. The minimum atomic E-state index is -0.331. The number of esters is 1. The minimum absolute atomic E-state index is 0.331. The first-order chi connectivity index (χ1) is 13.1. The Balaban J connectivity index is 2.04. The number of hydrogen-bond acceptors (Lipinski definition) is 3. The van der Waals surface area contributed by atoms with Gasteiger partial charge in [-0.2, -0.15) is 5.26 Å². The van der Waals surface area contributed by atoms with Gasteiger partial charge in [-0.1, -0.05) is 75.6 Å². The van der Waals surface area contributed by atoms with Crippen LogP contribution in [0.5, 0.6) is 0 Å². The van der Waals surface area contributed by atoms with Crippen molar-refractivity contribution in [3.63, 3.8) is 0 Å². The molecule has 0 aliphatic carbocycles. The summed E-state index contributed by atoms with van der Waals surface area (Å²) in [6.07, 6.45) is 5.90. The molecule has 0 radical (unpaired) electrons. The van der Waals surface area contributed by atoms with Gasteiger partial charge in [0.05, 0.1) is 18.2 Å². The normalized spacial score (nSPS) is 11.3. The Morgan fingerprint density at radius 3 is 2.30 bits per heavy atom. The summed E-state index contributed by atoms with van der Waals surface area (Å²) in [7, 11) is 0. The first-order valence-corrected chi connectivity index (χ1v) is 9.54. The highest BCUT2D eigenvalue weighted by Crippen LogP contribution is 2.24. The summed E-state index contributed by atoms with van der Waals surface area (Å²) in [5, 5.41) is 8.98. The molecule has 3 nitrogen and oxygen atoms in total. The van der Waals surface area contributed by atoms with Crippen LogP contribution in [-0.2, 0) is 9.53 Å². The van der Waals surface area contributed by atoms with Gasteiger partial charge >= 0.3 is 5.97 Å². The number of benzene rings is 2. The lowest BCUT2D eigenvalue weighted by Crippen LogP contribution is -2.04. The van der Waals surface area contributed by atoms with Gasteiger partial charge in [-0.3, -0.25) is 0 Å². The zero-order valence-corrected chi connectivity index (χ0v) is 16.2. The number of rotatable bonds is 9. The van der Waals surface area contributed by atoms with Crippen molar-refractivity contribution in [3.8, 4) is 6.07 Å². The molecule has 27 heavy (non-hydrogen) atoms. The van der Waals surface area contributed by atoms with Crippen LogP contribution in [0.3, 0.4) is 0 Å². The van der Waals surface area contributed by atoms with Crippen molar-refractivity contribution in [1.82, 2.24) is 0 Å². The van der Waals surface area contributed by atoms with Gasteiger partial charge in [0.2, 0.25) is 0 Å². The molecule has 0 spiro atoms. The van der Waals surface area contributed by atoms with Crippen molar-refractivity contribution in [1.29, 1.82) is 5.26 Å². The van der Waals surface area contributed by atoms with E-state index in [4.69, 9.17) is 10.00 Å². The SMILES string of the molecule is CC(C)CCCCCOC(=O)/C=C(/c1ccccc1)c1ccc(C#N)cc1. The predicted molar refractivity (Wildman–Crippen MR) is 109 cm³/mol. The summed E-state index contributed by atoms with van der Waals surface area (Å²) in [6.45, 7) is 4.89. The predicted octanol–water partition coefficient (Wildman–Crippen LogP) is 5.75. The lowest BCUT2D eigenvalue weighted by Gasteiger charge is -2.09. The van der Waals surface area contributed by atoms with Crippen LogP contribution in [0.2, 0.25) is 0 Å². The van der Waals surface area contributed by atoms with E-state index in [9.17, 15) is 4.79 Å². The fraction of sp³-hybridized carbons (Fsp3) is 0.333. The van der Waals surface area contributed by atoms with E-state index in [0.717, 1.165) is 35.5 Å². The van der Waals surface area contributed by atoms with Gasteiger partial charge in [0.25, 0.3) is 0 Å². The maximum Gasteiger partial charge on any atom is 0.331 e. The molecule has 0 aromatic heterocycles. The van der Waals surface area contributed by atoms with Crippen LogP contribution < -0.4 is 0 Å². The number of carbonyl (C=O) groups is 1. The molecule has 0 heterocycles. The number of carbonyl (C=O) groups excluding carboxylic acids is 1. The van der Waals surface area contributed by atoms with Crippen LogP contribution in [0.25, 0.3) is 5.57 Å². The molecule has 3 heteroatoms. The Kier molecular flexibility index (Phi) is 8.32. The van der Waals surface area contributed by atoms with Gasteiger partial charge in [-0.25, -0.2) is 4.79 Å². The van der Waals surface area contributed by atoms with Crippen LogP contribution in [0.15, 0.2) is 60.7 Å². The molecule has 2 aromatic rings. The fourth-order valence-corrected chi connectivity index (χ4v) is 2.84. The van der Waals surface area contributed by atoms with E-state index < -0.39 is 0 Å². The van der Waals surface area contributed by atoms with E-state index in [-0.39, 0.29) is 5.97 Å². The topological polar surface area (TPSA) is 50.1 Å². The Morgan fingerprint density at radius 1 is 1.00 bits per heavy atom. The second-order valence-electron chi connectivity index (χ2n) is 7.02. The van der Waals surface area contributed by atoms with Gasteiger partial charge in [0, 0.05) is 6.08 Å². The third kappa shape index (κ3) is 7.11. The molecule has 0 saturated heterocycles. The number of ether oxygens (including phenoxy) is 1. The van der Waals surface area contributed by atoms with E-state index in [1.165, 1.54) is 12.8 Å². The summed E-state index contributed by atoms with van der Waals surface area (Å²) in [5.74, 6) is 0.387. The molecule has 0 amide bonds. The smallest absolute Gasteiger partial charge is 0.331 e. The van der Waals surface area contributed by atoms with Crippen molar-refractivity contribution in [2.75, 3.05) is 6.61 Å². The summed E-state index contributed by atoms with van der Waals surface area (Å²) >= 11 is 0. The Labute approximate surface area is 162 Å². The van der Waals surface area contributed by atoms with E-state index >= 15 is 0 Å². The molecular weight excluding hydrogens is 334 g/mol. The molecule has 140 valence electrons. The summed E-state index contributed by atoms with van der Waals surface area (Å²) in [5.41, 5.74) is 3.21. The van der Waals surface area contributed by atoms with Crippen molar-refractivity contribution < 1.29 is 9.53 Å². The lowest BCUT2D eigenvalue weighted by molar-refractivity contribution is -0.137. The Hall–Kier alpha value is -2.86. The third-order valence-electron chi connectivity index (χ3n) is 4.34. The molecule has 2 aromatic carbocycles. The molecule has 0 fully saturated rings. The van der Waals surface area contributed by atoms with Crippen molar-refractivity contribution in [2.45, 2.75) is 39.5 Å². The molecular formula is C24H27NO2. The van der Waals surface area contributed by atoms with Gasteiger partial charge in [0.15, 0.2) is 0 Å². The Morgan fingerprint density at radius 2 is 1.67 bits per heavy atom. The van der Waals surface area contributed by atoms with Gasteiger partial charge in [-0.05, 0) is 41.2 Å². The monoisotopic (exact) mass is 361 g/mol. The van der Waals surface area contributed by atoms with Crippen LogP contribution >= 0.6 is 0 Å². The van der Waals surface area contributed by atoms with Crippen molar-refractivity contribution in [2.24, 2.45) is 5.92 Å². The van der Waals surface area contributed by atoms with Crippen molar-refractivity contribution in [3.05, 3.63) is 77.4 Å². The molecule has 0 N–H and O–H groups in total. The van der Waals surface area contributed by atoms with Crippen LogP contribution in [0, 0.1) is 17.2 Å². The summed E-state index contributed by atoms with van der Waals surface area (Å²) in [6, 6.07) is 19.1. The van der Waals surface area contributed by atoms with Gasteiger partial charge in [0.1, 0.15) is 0 Å². The molecule has 0 saturated carbocycles. The second-order valence-corrected chi connectivity index (χ2v) is 7.02. The molecule has 0 aliphatic heterocycles. The first-order valence-electron chi connectivity index (χ1n) is 9.54. The summed E-state index contributed by atoms with van der Waals surface area (Å²) in [4.78, 5) is 12.3. The second kappa shape index (κ2) is 11.0. The number of unbranched alkanes of at least 4 members (excludes halogenated alkanes) is 2.